The molecule has 0 fully saturated rings. The fraction of sp³-hybridized carbons (Fsp3) is 0.316. The topological polar surface area (TPSA) is 94.2 Å². The first-order chi connectivity index (χ1) is 13.2. The predicted octanol–water partition coefficient (Wildman–Crippen LogP) is 2.51. The van der Waals surface area contributed by atoms with E-state index in [-0.39, 0.29) is 5.91 Å². The molecule has 0 aliphatic carbocycles. The van der Waals surface area contributed by atoms with Crippen LogP contribution in [0.5, 0.6) is 17.2 Å². The van der Waals surface area contributed by atoms with Crippen LogP contribution in [0.4, 0.5) is 11.4 Å². The second-order valence-electron chi connectivity index (χ2n) is 6.04. The molecule has 0 saturated carbocycles. The van der Waals surface area contributed by atoms with Gasteiger partial charge in [-0.2, -0.15) is 0 Å². The summed E-state index contributed by atoms with van der Waals surface area (Å²) in [5.41, 5.74) is 1.04. The van der Waals surface area contributed by atoms with Crippen molar-refractivity contribution in [3.63, 3.8) is 0 Å². The van der Waals surface area contributed by atoms with Gasteiger partial charge in [0.1, 0.15) is 5.75 Å². The lowest BCUT2D eigenvalue weighted by Crippen LogP contribution is -2.30. The van der Waals surface area contributed by atoms with Crippen molar-refractivity contribution in [3.05, 3.63) is 42.5 Å². The Morgan fingerprint density at radius 1 is 1.04 bits per heavy atom. The Hall–Kier alpha value is -2.94. The van der Waals surface area contributed by atoms with E-state index in [9.17, 15) is 13.2 Å². The van der Waals surface area contributed by atoms with E-state index >= 15 is 0 Å². The molecule has 0 radical (unpaired) electrons. The minimum absolute atomic E-state index is 0.343. The quantitative estimate of drug-likeness (QED) is 0.721. The summed E-state index contributed by atoms with van der Waals surface area (Å²) in [7, 11) is 1.17. The number of ether oxygens (including phenoxy) is 3. The number of benzene rings is 2. The SMILES string of the molecule is COc1ccc(NC(=O)[C@@H](C)Oc2ccc(N(C)S(C)(=O)=O)cc2)cc1OC. The van der Waals surface area contributed by atoms with Gasteiger partial charge in [-0.3, -0.25) is 9.10 Å². The summed E-state index contributed by atoms with van der Waals surface area (Å²) in [6.45, 7) is 1.62. The number of methoxy groups -OCH3 is 2. The Morgan fingerprint density at radius 3 is 2.18 bits per heavy atom. The molecule has 28 heavy (non-hydrogen) atoms. The summed E-state index contributed by atoms with van der Waals surface area (Å²) in [5.74, 6) is 1.16. The number of sulfonamides is 1. The Bertz CT molecular complexity index is 928. The van der Waals surface area contributed by atoms with Crippen molar-refractivity contribution in [2.24, 2.45) is 0 Å². The first kappa shape index (κ1) is 21.4. The molecule has 2 aromatic rings. The fourth-order valence-electron chi connectivity index (χ4n) is 2.34. The summed E-state index contributed by atoms with van der Waals surface area (Å²) in [6.07, 6.45) is 0.351. The molecule has 0 saturated heterocycles. The summed E-state index contributed by atoms with van der Waals surface area (Å²) in [5, 5.41) is 2.75. The van der Waals surface area contributed by atoms with E-state index in [0.717, 1.165) is 10.6 Å². The molecule has 0 aliphatic heterocycles. The van der Waals surface area contributed by atoms with Gasteiger partial charge in [-0.1, -0.05) is 0 Å². The van der Waals surface area contributed by atoms with E-state index in [4.69, 9.17) is 14.2 Å². The van der Waals surface area contributed by atoms with Crippen molar-refractivity contribution >= 4 is 27.3 Å². The van der Waals surface area contributed by atoms with Gasteiger partial charge < -0.3 is 19.5 Å². The van der Waals surface area contributed by atoms with Crippen LogP contribution < -0.4 is 23.8 Å². The maximum atomic E-state index is 12.4. The minimum Gasteiger partial charge on any atom is -0.493 e. The van der Waals surface area contributed by atoms with Crippen molar-refractivity contribution < 1.29 is 27.4 Å². The number of carbonyl (C=O) groups excluding carboxylic acids is 1. The molecule has 8 nitrogen and oxygen atoms in total. The molecule has 0 heterocycles. The van der Waals surface area contributed by atoms with Crippen LogP contribution in [-0.4, -0.2) is 48.0 Å². The molecule has 2 rings (SSSR count). The average molecular weight is 408 g/mol. The van der Waals surface area contributed by atoms with Crippen LogP contribution in [0.2, 0.25) is 0 Å². The Balaban J connectivity index is 2.02. The second kappa shape index (κ2) is 8.83. The van der Waals surface area contributed by atoms with Gasteiger partial charge in [0.15, 0.2) is 17.6 Å². The molecule has 0 bridgehead atoms. The van der Waals surface area contributed by atoms with Gasteiger partial charge in [-0.05, 0) is 43.3 Å². The van der Waals surface area contributed by atoms with Crippen molar-refractivity contribution in [3.8, 4) is 17.2 Å². The van der Waals surface area contributed by atoms with E-state index in [1.165, 1.54) is 21.3 Å². The predicted molar refractivity (Wildman–Crippen MR) is 108 cm³/mol. The molecule has 2 aromatic carbocycles. The molecule has 0 aromatic heterocycles. The molecule has 152 valence electrons. The van der Waals surface area contributed by atoms with Gasteiger partial charge in [0.25, 0.3) is 5.91 Å². The molecule has 1 amide bonds. The molecular formula is C19H24N2O6S. The molecule has 9 heteroatoms. The van der Waals surface area contributed by atoms with Gasteiger partial charge in [0, 0.05) is 18.8 Å². The van der Waals surface area contributed by atoms with Gasteiger partial charge in [0.2, 0.25) is 10.0 Å². The van der Waals surface area contributed by atoms with Crippen LogP contribution in [-0.2, 0) is 14.8 Å². The van der Waals surface area contributed by atoms with Crippen molar-refractivity contribution in [1.82, 2.24) is 0 Å². The summed E-state index contributed by atoms with van der Waals surface area (Å²) >= 11 is 0. The lowest BCUT2D eigenvalue weighted by molar-refractivity contribution is -0.122. The Kier molecular flexibility index (Phi) is 6.74. The monoisotopic (exact) mass is 408 g/mol. The third-order valence-corrected chi connectivity index (χ3v) is 5.24. The van der Waals surface area contributed by atoms with Crippen molar-refractivity contribution in [2.45, 2.75) is 13.0 Å². The molecule has 0 spiro atoms. The number of carbonyl (C=O) groups is 1. The van der Waals surface area contributed by atoms with Crippen LogP contribution >= 0.6 is 0 Å². The maximum absolute atomic E-state index is 12.4. The first-order valence-electron chi connectivity index (χ1n) is 8.39. The largest absolute Gasteiger partial charge is 0.493 e. The molecule has 0 aliphatic rings. The molecular weight excluding hydrogens is 384 g/mol. The maximum Gasteiger partial charge on any atom is 0.265 e. The Morgan fingerprint density at radius 2 is 1.64 bits per heavy atom. The highest BCUT2D eigenvalue weighted by Gasteiger charge is 2.17. The third kappa shape index (κ3) is 5.29. The lowest BCUT2D eigenvalue weighted by Gasteiger charge is -2.18. The number of anilines is 2. The summed E-state index contributed by atoms with van der Waals surface area (Å²) < 4.78 is 40.3. The van der Waals surface area contributed by atoms with E-state index in [0.29, 0.717) is 28.6 Å². The lowest BCUT2D eigenvalue weighted by atomic mass is 10.2. The number of nitrogens with one attached hydrogen (secondary N) is 1. The van der Waals surface area contributed by atoms with E-state index in [2.05, 4.69) is 5.32 Å². The highest BCUT2D eigenvalue weighted by atomic mass is 32.2. The van der Waals surface area contributed by atoms with E-state index < -0.39 is 16.1 Å². The zero-order chi connectivity index (χ0) is 20.9. The second-order valence-corrected chi connectivity index (χ2v) is 8.06. The third-order valence-electron chi connectivity index (χ3n) is 4.03. The Labute approximate surface area is 165 Å². The van der Waals surface area contributed by atoms with Crippen molar-refractivity contribution in [1.29, 1.82) is 0 Å². The van der Waals surface area contributed by atoms with Crippen LogP contribution in [0.1, 0.15) is 6.92 Å². The normalized spacial score (nSPS) is 12.0. The molecule has 0 unspecified atom stereocenters. The van der Waals surface area contributed by atoms with Gasteiger partial charge in [-0.25, -0.2) is 8.42 Å². The number of amides is 1. The molecule has 1 atom stereocenters. The highest BCUT2D eigenvalue weighted by Crippen LogP contribution is 2.30. The van der Waals surface area contributed by atoms with Crippen LogP contribution in [0.3, 0.4) is 0 Å². The van der Waals surface area contributed by atoms with E-state index in [1.54, 1.807) is 49.4 Å². The first-order valence-corrected chi connectivity index (χ1v) is 10.2. The number of rotatable bonds is 8. The van der Waals surface area contributed by atoms with Crippen LogP contribution in [0.25, 0.3) is 0 Å². The van der Waals surface area contributed by atoms with Crippen LogP contribution in [0, 0.1) is 0 Å². The van der Waals surface area contributed by atoms with Gasteiger partial charge in [0.05, 0.1) is 26.2 Å². The van der Waals surface area contributed by atoms with Gasteiger partial charge in [-0.15, -0.1) is 0 Å². The number of hydrogen-bond donors (Lipinski definition) is 1. The zero-order valence-electron chi connectivity index (χ0n) is 16.4. The van der Waals surface area contributed by atoms with Crippen LogP contribution in [0.15, 0.2) is 42.5 Å². The standard InChI is InChI=1S/C19H24N2O6S/c1-13(19(22)20-14-6-11-17(25-3)18(12-14)26-4)27-16-9-7-15(8-10-16)21(2)28(5,23)24/h6-13H,1-5H3,(H,20,22)/t13-/m1/s1. The smallest absolute Gasteiger partial charge is 0.265 e. The molecule has 1 N–H and O–H groups in total. The zero-order valence-corrected chi connectivity index (χ0v) is 17.2. The van der Waals surface area contributed by atoms with E-state index in [1.807, 2.05) is 0 Å². The minimum atomic E-state index is -3.34. The fourth-order valence-corrected chi connectivity index (χ4v) is 2.85. The number of hydrogen-bond acceptors (Lipinski definition) is 6. The summed E-state index contributed by atoms with van der Waals surface area (Å²) in [4.78, 5) is 12.4. The average Bonchev–Trinajstić information content (AvgIpc) is 2.67. The highest BCUT2D eigenvalue weighted by molar-refractivity contribution is 7.92. The van der Waals surface area contributed by atoms with Crippen molar-refractivity contribution in [2.75, 3.05) is 37.1 Å². The number of nitrogens with zero attached hydrogens (tertiary/aromatic N) is 1. The van der Waals surface area contributed by atoms with Gasteiger partial charge >= 0.3 is 0 Å². The summed E-state index contributed by atoms with van der Waals surface area (Å²) in [6, 6.07) is 11.5.